The molecule has 3 aromatic rings. The molecule has 2 fully saturated rings. The summed E-state index contributed by atoms with van der Waals surface area (Å²) in [5.74, 6) is -0.0447. The molecule has 0 aliphatic carbocycles. The third-order valence-electron chi connectivity index (χ3n) is 6.07. The predicted octanol–water partition coefficient (Wildman–Crippen LogP) is 0.951. The van der Waals surface area contributed by atoms with E-state index in [-0.39, 0.29) is 18.0 Å². The van der Waals surface area contributed by atoms with Crippen molar-refractivity contribution in [1.29, 1.82) is 0 Å². The Morgan fingerprint density at radius 3 is 2.65 bits per heavy atom. The van der Waals surface area contributed by atoms with Crippen molar-refractivity contribution < 1.29 is 22.7 Å². The number of pyridine rings is 1. The molecule has 0 radical (unpaired) electrons. The number of carbonyl (C=O) groups is 2. The van der Waals surface area contributed by atoms with Crippen molar-refractivity contribution in [3.63, 3.8) is 0 Å². The average Bonchev–Trinajstić information content (AvgIpc) is 3.33. The first-order valence-corrected chi connectivity index (χ1v) is 12.2. The van der Waals surface area contributed by atoms with E-state index in [4.69, 9.17) is 4.74 Å². The fraction of sp³-hybridized carbons (Fsp3) is 0.261. The molecule has 2 saturated heterocycles. The van der Waals surface area contributed by atoms with Gasteiger partial charge in [0, 0.05) is 29.7 Å². The zero-order chi connectivity index (χ0) is 23.9. The van der Waals surface area contributed by atoms with Crippen LogP contribution < -0.4 is 25.4 Å². The van der Waals surface area contributed by atoms with Crippen LogP contribution in [-0.4, -0.2) is 50.0 Å². The second-order valence-corrected chi connectivity index (χ2v) is 10.1. The number of sulfonamides is 1. The fourth-order valence-corrected chi connectivity index (χ4v) is 5.66. The maximum absolute atomic E-state index is 13.0. The monoisotopic (exact) mass is 481 g/mol. The third kappa shape index (κ3) is 3.98. The summed E-state index contributed by atoms with van der Waals surface area (Å²) in [6.45, 7) is 2.56. The number of fused-ring (bicyclic) bond motifs is 1. The van der Waals surface area contributed by atoms with Crippen LogP contribution in [0.4, 0.5) is 4.79 Å². The van der Waals surface area contributed by atoms with Crippen LogP contribution in [0.25, 0.3) is 10.9 Å². The summed E-state index contributed by atoms with van der Waals surface area (Å²) in [4.78, 5) is 28.5. The van der Waals surface area contributed by atoms with Crippen LogP contribution in [0.15, 0.2) is 59.5 Å². The number of amides is 3. The van der Waals surface area contributed by atoms with Gasteiger partial charge in [-0.25, -0.2) is 17.9 Å². The van der Waals surface area contributed by atoms with Crippen molar-refractivity contribution in [2.45, 2.75) is 30.0 Å². The molecule has 5 rings (SSSR count). The number of para-hydroxylation sites is 1. The zero-order valence-electron chi connectivity index (χ0n) is 18.3. The van der Waals surface area contributed by atoms with Gasteiger partial charge in [-0.05, 0) is 43.3 Å². The van der Waals surface area contributed by atoms with Crippen LogP contribution in [0, 0.1) is 6.92 Å². The molecular formula is C23H23N5O5S. The number of ether oxygens (including phenoxy) is 1. The quantitative estimate of drug-likeness (QED) is 0.385. The van der Waals surface area contributed by atoms with Crippen LogP contribution in [0.3, 0.4) is 0 Å². The summed E-state index contributed by atoms with van der Waals surface area (Å²) in [6, 6.07) is 14.3. The fourth-order valence-electron chi connectivity index (χ4n) is 4.37. The molecule has 1 aromatic heterocycles. The van der Waals surface area contributed by atoms with Gasteiger partial charge in [-0.15, -0.1) is 0 Å². The molecule has 0 bridgehead atoms. The largest absolute Gasteiger partial charge is 0.489 e. The molecule has 11 heteroatoms. The predicted molar refractivity (Wildman–Crippen MR) is 124 cm³/mol. The first-order valence-electron chi connectivity index (χ1n) is 10.7. The van der Waals surface area contributed by atoms with Crippen LogP contribution in [0.1, 0.15) is 11.3 Å². The summed E-state index contributed by atoms with van der Waals surface area (Å²) < 4.78 is 34.4. The van der Waals surface area contributed by atoms with Gasteiger partial charge >= 0.3 is 6.03 Å². The summed E-state index contributed by atoms with van der Waals surface area (Å²) in [5.41, 5.74) is 1.41. The summed E-state index contributed by atoms with van der Waals surface area (Å²) >= 11 is 0. The first kappa shape index (κ1) is 22.3. The molecule has 1 spiro atoms. The van der Waals surface area contributed by atoms with Gasteiger partial charge < -0.3 is 15.4 Å². The molecular weight excluding hydrogens is 458 g/mol. The summed E-state index contributed by atoms with van der Waals surface area (Å²) in [7, 11) is -3.95. The topological polar surface area (TPSA) is 139 Å². The molecule has 10 nitrogen and oxygen atoms in total. The SMILES string of the molecule is Cc1cc(COc2ccc(S(=O)(=O)NC3CNCC34NC(=O)NC4=O)cc2)c2ccccc2n1. The van der Waals surface area contributed by atoms with E-state index in [2.05, 4.69) is 25.7 Å². The van der Waals surface area contributed by atoms with Crippen LogP contribution in [0.2, 0.25) is 0 Å². The number of carbonyl (C=O) groups excluding carboxylic acids is 2. The lowest BCUT2D eigenvalue weighted by molar-refractivity contribution is -0.123. The highest BCUT2D eigenvalue weighted by atomic mass is 32.2. The van der Waals surface area contributed by atoms with Crippen LogP contribution >= 0.6 is 0 Å². The number of nitrogens with zero attached hydrogens (tertiary/aromatic N) is 1. The average molecular weight is 482 g/mol. The summed E-state index contributed by atoms with van der Waals surface area (Å²) in [6.07, 6.45) is 0. The van der Waals surface area contributed by atoms with E-state index < -0.39 is 33.5 Å². The molecule has 2 atom stereocenters. The highest BCUT2D eigenvalue weighted by Crippen LogP contribution is 2.24. The normalized spacial score (nSPS) is 22.2. The Labute approximate surface area is 196 Å². The second kappa shape index (κ2) is 8.35. The van der Waals surface area contributed by atoms with Gasteiger partial charge in [0.15, 0.2) is 5.54 Å². The Hall–Kier alpha value is -3.54. The summed E-state index contributed by atoms with van der Waals surface area (Å²) in [5, 5.41) is 8.68. The lowest BCUT2D eigenvalue weighted by atomic mass is 9.95. The standard InChI is InChI=1S/C23H23N5O5S/c1-14-10-15(18-4-2-3-5-19(18)25-14)12-33-16-6-8-17(9-7-16)34(31,32)28-20-11-24-13-23(20)21(29)26-22(30)27-23/h2-10,20,24,28H,11-13H2,1H3,(H2,26,27,29,30). The molecule has 34 heavy (non-hydrogen) atoms. The van der Waals surface area contributed by atoms with Crippen molar-refractivity contribution in [2.24, 2.45) is 0 Å². The van der Waals surface area contributed by atoms with Crippen molar-refractivity contribution in [3.8, 4) is 5.75 Å². The van der Waals surface area contributed by atoms with Crippen molar-refractivity contribution in [2.75, 3.05) is 13.1 Å². The van der Waals surface area contributed by atoms with Gasteiger partial charge in [-0.3, -0.25) is 15.1 Å². The maximum atomic E-state index is 13.0. The van der Waals surface area contributed by atoms with E-state index >= 15 is 0 Å². The van der Waals surface area contributed by atoms with Crippen molar-refractivity contribution in [1.82, 2.24) is 25.7 Å². The highest BCUT2D eigenvalue weighted by molar-refractivity contribution is 7.89. The molecule has 4 N–H and O–H groups in total. The number of hydrogen-bond acceptors (Lipinski definition) is 7. The Balaban J connectivity index is 1.30. The van der Waals surface area contributed by atoms with Gasteiger partial charge in [-0.2, -0.15) is 0 Å². The van der Waals surface area contributed by atoms with Crippen molar-refractivity contribution in [3.05, 3.63) is 65.9 Å². The molecule has 2 aliphatic rings. The van der Waals surface area contributed by atoms with Gasteiger partial charge in [-0.1, -0.05) is 18.2 Å². The molecule has 2 aliphatic heterocycles. The van der Waals surface area contributed by atoms with E-state index in [0.717, 1.165) is 22.2 Å². The second-order valence-electron chi connectivity index (χ2n) is 8.38. The van der Waals surface area contributed by atoms with E-state index in [1.807, 2.05) is 37.3 Å². The molecule has 3 amide bonds. The lowest BCUT2D eigenvalue weighted by Crippen LogP contribution is -2.62. The Morgan fingerprint density at radius 1 is 1.15 bits per heavy atom. The van der Waals surface area contributed by atoms with E-state index in [0.29, 0.717) is 12.4 Å². The third-order valence-corrected chi connectivity index (χ3v) is 7.56. The van der Waals surface area contributed by atoms with Crippen LogP contribution in [-0.2, 0) is 21.4 Å². The van der Waals surface area contributed by atoms with Gasteiger partial charge in [0.25, 0.3) is 5.91 Å². The van der Waals surface area contributed by atoms with Gasteiger partial charge in [0.1, 0.15) is 12.4 Å². The smallest absolute Gasteiger partial charge is 0.322 e. The number of rotatable bonds is 6. The molecule has 176 valence electrons. The minimum Gasteiger partial charge on any atom is -0.489 e. The number of imide groups is 1. The molecule has 2 aromatic carbocycles. The lowest BCUT2D eigenvalue weighted by Gasteiger charge is -2.27. The number of aromatic nitrogens is 1. The molecule has 2 unspecified atom stereocenters. The Bertz CT molecular complexity index is 1390. The first-order chi connectivity index (χ1) is 16.3. The number of urea groups is 1. The van der Waals surface area contributed by atoms with E-state index in [1.165, 1.54) is 12.1 Å². The number of hydrogen-bond donors (Lipinski definition) is 4. The molecule has 3 heterocycles. The van der Waals surface area contributed by atoms with E-state index in [9.17, 15) is 18.0 Å². The Morgan fingerprint density at radius 2 is 1.91 bits per heavy atom. The minimum atomic E-state index is -3.95. The maximum Gasteiger partial charge on any atom is 0.322 e. The van der Waals surface area contributed by atoms with Gasteiger partial charge in [0.2, 0.25) is 10.0 Å². The molecule has 0 saturated carbocycles. The van der Waals surface area contributed by atoms with Crippen LogP contribution in [0.5, 0.6) is 5.75 Å². The number of nitrogens with one attached hydrogen (secondary N) is 4. The van der Waals surface area contributed by atoms with Gasteiger partial charge in [0.05, 0.1) is 16.5 Å². The highest BCUT2D eigenvalue weighted by Gasteiger charge is 2.55. The van der Waals surface area contributed by atoms with E-state index in [1.54, 1.807) is 12.1 Å². The van der Waals surface area contributed by atoms with Crippen molar-refractivity contribution >= 4 is 32.9 Å². The number of benzene rings is 2. The number of aryl methyl sites for hydroxylation is 1. The zero-order valence-corrected chi connectivity index (χ0v) is 19.1. The Kier molecular flexibility index (Phi) is 5.47. The minimum absolute atomic E-state index is 0.0248.